The van der Waals surface area contributed by atoms with Gasteiger partial charge >= 0.3 is 7.82 Å². The standard InChI is InChI=1S/C42H63N6O10P/c1-3-4-5-6-7-8-9-10-11-12-13-14-15-16-17-18-23-54-27-34(55-26-33-24-32(25-43)19-21-36(33)53-2)28-56-59(51,52)57-29-37-39(49)40(50)42(30-44,58-37)38-22-20-35-41(45)46-31-47-48(35)38/h19-22,24,31,34,37,39-40,49-50H,3-18,23,26-29H2,1-2H3,(H,51,52)(H2,45,46,47)/t34-,37-,39-,40-,42+/m1/s1. The molecule has 16 nitrogen and oxygen atoms in total. The Morgan fingerprint density at radius 3 is 2.19 bits per heavy atom. The number of unbranched alkanes of at least 4 members (excludes halogenated alkanes) is 15. The number of fused-ring (bicyclic) bond motifs is 1. The van der Waals surface area contributed by atoms with Crippen LogP contribution < -0.4 is 10.5 Å². The summed E-state index contributed by atoms with van der Waals surface area (Å²) in [7, 11) is -3.30. The summed E-state index contributed by atoms with van der Waals surface area (Å²) in [4.78, 5) is 14.6. The average molecular weight is 843 g/mol. The number of anilines is 1. The lowest BCUT2D eigenvalue weighted by molar-refractivity contribution is -0.0691. The van der Waals surface area contributed by atoms with Crippen LogP contribution >= 0.6 is 7.82 Å². The number of rotatable bonds is 30. The van der Waals surface area contributed by atoms with Crippen LogP contribution in [0.15, 0.2) is 36.7 Å². The van der Waals surface area contributed by atoms with E-state index in [1.807, 2.05) is 6.07 Å². The van der Waals surface area contributed by atoms with Crippen LogP contribution in [0.25, 0.3) is 5.52 Å². The summed E-state index contributed by atoms with van der Waals surface area (Å²) >= 11 is 0. The van der Waals surface area contributed by atoms with Crippen LogP contribution in [0.3, 0.4) is 0 Å². The highest BCUT2D eigenvalue weighted by Gasteiger charge is 2.58. The number of nitrogens with two attached hydrogens (primary N) is 1. The minimum atomic E-state index is -4.80. The van der Waals surface area contributed by atoms with Crippen LogP contribution in [-0.4, -0.2) is 87.7 Å². The van der Waals surface area contributed by atoms with Crippen LogP contribution in [0.5, 0.6) is 5.75 Å². The zero-order valence-corrected chi connectivity index (χ0v) is 35.5. The van der Waals surface area contributed by atoms with E-state index in [1.165, 1.54) is 107 Å². The minimum Gasteiger partial charge on any atom is -0.496 e. The summed E-state index contributed by atoms with van der Waals surface area (Å²) < 4.78 is 48.1. The monoisotopic (exact) mass is 842 g/mol. The van der Waals surface area contributed by atoms with E-state index in [1.54, 1.807) is 18.2 Å². The van der Waals surface area contributed by atoms with Gasteiger partial charge in [0.15, 0.2) is 5.82 Å². The van der Waals surface area contributed by atoms with Crippen LogP contribution in [0.4, 0.5) is 5.82 Å². The lowest BCUT2D eigenvalue weighted by atomic mass is 9.92. The molecule has 1 fully saturated rings. The molecule has 6 atom stereocenters. The van der Waals surface area contributed by atoms with Gasteiger partial charge in [0.1, 0.15) is 48.1 Å². The van der Waals surface area contributed by atoms with Crippen molar-refractivity contribution in [2.24, 2.45) is 0 Å². The summed E-state index contributed by atoms with van der Waals surface area (Å²) in [5, 5.41) is 45.5. The van der Waals surface area contributed by atoms with Crippen molar-refractivity contribution in [1.29, 1.82) is 10.5 Å². The van der Waals surface area contributed by atoms with E-state index in [2.05, 4.69) is 23.1 Å². The Labute approximate surface area is 348 Å². The zero-order valence-electron chi connectivity index (χ0n) is 34.6. The van der Waals surface area contributed by atoms with Crippen molar-refractivity contribution in [2.75, 3.05) is 39.3 Å². The van der Waals surface area contributed by atoms with Gasteiger partial charge in [0.25, 0.3) is 0 Å². The molecule has 3 heterocycles. The van der Waals surface area contributed by atoms with Gasteiger partial charge in [-0.25, -0.2) is 14.1 Å². The second kappa shape index (κ2) is 25.2. The molecule has 5 N–H and O–H groups in total. The number of benzene rings is 1. The maximum Gasteiger partial charge on any atom is 0.472 e. The molecule has 2 aromatic heterocycles. The van der Waals surface area contributed by atoms with E-state index in [9.17, 15) is 30.2 Å². The first-order valence-corrected chi connectivity index (χ1v) is 22.5. The van der Waals surface area contributed by atoms with Gasteiger partial charge in [-0.2, -0.15) is 15.6 Å². The molecule has 326 valence electrons. The summed E-state index contributed by atoms with van der Waals surface area (Å²) in [6.07, 6.45) is 15.7. The Bertz CT molecular complexity index is 1840. The van der Waals surface area contributed by atoms with E-state index < -0.39 is 51.1 Å². The van der Waals surface area contributed by atoms with Crippen molar-refractivity contribution in [3.8, 4) is 17.9 Å². The Kier molecular flexibility index (Phi) is 20.5. The van der Waals surface area contributed by atoms with Gasteiger partial charge in [0.05, 0.1) is 50.9 Å². The molecule has 17 heteroatoms. The molecule has 59 heavy (non-hydrogen) atoms. The number of hydrogen-bond donors (Lipinski definition) is 4. The normalized spacial score (nSPS) is 20.6. The van der Waals surface area contributed by atoms with Gasteiger partial charge in [-0.3, -0.25) is 9.05 Å². The van der Waals surface area contributed by atoms with E-state index in [4.69, 9.17) is 33.7 Å². The highest BCUT2D eigenvalue weighted by atomic mass is 31.2. The third-order valence-corrected chi connectivity index (χ3v) is 11.6. The molecule has 1 aliphatic heterocycles. The number of aromatic nitrogens is 3. The highest BCUT2D eigenvalue weighted by molar-refractivity contribution is 7.47. The average Bonchev–Trinajstić information content (AvgIpc) is 3.79. The SMILES string of the molecule is CCCCCCCCCCCCCCCCCCOC[C@H](COP(=O)(O)OC[C@H]1O[C@@](C#N)(c2ccc3c(N)ncnn23)[C@H](O)[C@@H]1O)OCc1cc(C#N)ccc1OC. The first-order chi connectivity index (χ1) is 28.6. The number of nitrogen functional groups attached to an aromatic ring is 1. The number of phosphoric ester groups is 1. The van der Waals surface area contributed by atoms with Crippen molar-refractivity contribution >= 4 is 19.2 Å². The van der Waals surface area contributed by atoms with Gasteiger partial charge < -0.3 is 39.8 Å². The number of phosphoric acid groups is 1. The van der Waals surface area contributed by atoms with E-state index >= 15 is 0 Å². The van der Waals surface area contributed by atoms with Crippen molar-refractivity contribution < 1.29 is 47.7 Å². The molecular formula is C42H63N6O10P. The Balaban J connectivity index is 1.22. The van der Waals surface area contributed by atoms with Crippen molar-refractivity contribution in [2.45, 2.75) is 146 Å². The second-order valence-corrected chi connectivity index (χ2v) is 16.6. The number of methoxy groups -OCH3 is 1. The third kappa shape index (κ3) is 14.5. The maximum atomic E-state index is 13.1. The summed E-state index contributed by atoms with van der Waals surface area (Å²) in [6.45, 7) is 1.63. The van der Waals surface area contributed by atoms with Crippen molar-refractivity contribution in [3.05, 3.63) is 53.5 Å². The van der Waals surface area contributed by atoms with Gasteiger partial charge in [-0.1, -0.05) is 103 Å². The number of nitrogens with zero attached hydrogens (tertiary/aromatic N) is 5. The van der Waals surface area contributed by atoms with Gasteiger partial charge in [0.2, 0.25) is 5.60 Å². The highest BCUT2D eigenvalue weighted by Crippen LogP contribution is 2.46. The molecule has 1 aliphatic rings. The molecule has 1 aromatic carbocycles. The summed E-state index contributed by atoms with van der Waals surface area (Å²) in [6, 6.07) is 11.9. The Hall–Kier alpha value is -3.67. The number of nitriles is 2. The van der Waals surface area contributed by atoms with Gasteiger partial charge in [-0.15, -0.1) is 0 Å². The van der Waals surface area contributed by atoms with Crippen LogP contribution in [0.2, 0.25) is 0 Å². The first kappa shape index (κ1) is 48.0. The van der Waals surface area contributed by atoms with Crippen LogP contribution in [0.1, 0.15) is 126 Å². The topological polar surface area (TPSA) is 237 Å². The smallest absolute Gasteiger partial charge is 0.472 e. The van der Waals surface area contributed by atoms with Crippen molar-refractivity contribution in [3.63, 3.8) is 0 Å². The molecule has 0 saturated carbocycles. The molecule has 1 unspecified atom stereocenters. The quantitative estimate of drug-likeness (QED) is 0.0389. The lowest BCUT2D eigenvalue weighted by Crippen LogP contribution is -2.41. The molecule has 0 radical (unpaired) electrons. The van der Waals surface area contributed by atoms with E-state index in [-0.39, 0.29) is 24.7 Å². The summed E-state index contributed by atoms with van der Waals surface area (Å²) in [5.41, 5.74) is 5.22. The number of aliphatic hydroxyl groups excluding tert-OH is 2. The minimum absolute atomic E-state index is 0.00700. The second-order valence-electron chi connectivity index (χ2n) is 15.1. The van der Waals surface area contributed by atoms with Crippen LogP contribution in [0, 0.1) is 22.7 Å². The third-order valence-electron chi connectivity index (χ3n) is 10.6. The van der Waals surface area contributed by atoms with Gasteiger partial charge in [-0.05, 0) is 36.8 Å². The fourth-order valence-corrected chi connectivity index (χ4v) is 7.98. The van der Waals surface area contributed by atoms with E-state index in [0.29, 0.717) is 29.0 Å². The molecule has 4 rings (SSSR count). The fourth-order valence-electron chi connectivity index (χ4n) is 7.21. The molecule has 3 aromatic rings. The molecule has 1 saturated heterocycles. The number of ether oxygens (including phenoxy) is 4. The predicted octanol–water partition coefficient (Wildman–Crippen LogP) is 7.03. The van der Waals surface area contributed by atoms with E-state index in [0.717, 1.165) is 25.6 Å². The maximum absolute atomic E-state index is 13.1. The largest absolute Gasteiger partial charge is 0.496 e. The van der Waals surface area contributed by atoms with Gasteiger partial charge in [0, 0.05) is 12.2 Å². The summed E-state index contributed by atoms with van der Waals surface area (Å²) in [5.74, 6) is 0.622. The molecular weight excluding hydrogens is 779 g/mol. The predicted molar refractivity (Wildman–Crippen MR) is 220 cm³/mol. The molecule has 0 aliphatic carbocycles. The molecule has 0 amide bonds. The first-order valence-electron chi connectivity index (χ1n) is 21.0. The number of aliphatic hydroxyl groups is 2. The van der Waals surface area contributed by atoms with Crippen molar-refractivity contribution in [1.82, 2.24) is 14.6 Å². The molecule has 0 bridgehead atoms. The molecule has 0 spiro atoms. The van der Waals surface area contributed by atoms with Crippen LogP contribution in [-0.2, 0) is 40.0 Å². The Morgan fingerprint density at radius 1 is 0.932 bits per heavy atom. The zero-order chi connectivity index (χ0) is 42.5. The lowest BCUT2D eigenvalue weighted by Gasteiger charge is -2.24. The number of hydrogen-bond acceptors (Lipinski definition) is 14. The Morgan fingerprint density at radius 2 is 1.58 bits per heavy atom. The fraction of sp³-hybridized carbons (Fsp3) is 0.667.